The Morgan fingerprint density at radius 1 is 1.28 bits per heavy atom. The van der Waals surface area contributed by atoms with Crippen molar-refractivity contribution in [3.63, 3.8) is 0 Å². The number of benzene rings is 1. The highest BCUT2D eigenvalue weighted by Gasteiger charge is 2.28. The normalized spacial score (nSPS) is 11.6. The maximum Gasteiger partial charge on any atom is 0.422 e. The minimum atomic E-state index is -4.31. The number of methoxy groups -OCH3 is 1. The van der Waals surface area contributed by atoms with Crippen LogP contribution in [0.4, 0.5) is 13.2 Å². The second kappa shape index (κ2) is 7.23. The molecule has 1 rings (SSSR count). The molecule has 0 heterocycles. The van der Waals surface area contributed by atoms with Gasteiger partial charge in [-0.2, -0.15) is 13.2 Å². The summed E-state index contributed by atoms with van der Waals surface area (Å²) in [5.41, 5.74) is 0.866. The Bertz CT molecular complexity index is 355. The van der Waals surface area contributed by atoms with Gasteiger partial charge in [-0.3, -0.25) is 0 Å². The smallest absolute Gasteiger partial charge is 0.422 e. The second-order valence-corrected chi connectivity index (χ2v) is 3.72. The van der Waals surface area contributed by atoms with E-state index in [0.717, 1.165) is 5.56 Å². The van der Waals surface area contributed by atoms with Gasteiger partial charge in [0.25, 0.3) is 0 Å². The van der Waals surface area contributed by atoms with E-state index in [4.69, 9.17) is 4.74 Å². The Balaban J connectivity index is 2.41. The van der Waals surface area contributed by atoms with Gasteiger partial charge in [-0.05, 0) is 17.7 Å². The molecule has 1 aromatic rings. The lowest BCUT2D eigenvalue weighted by Crippen LogP contribution is -2.20. The highest BCUT2D eigenvalue weighted by atomic mass is 19.4. The van der Waals surface area contributed by atoms with Gasteiger partial charge in [0.1, 0.15) is 5.75 Å². The molecule has 0 saturated carbocycles. The molecule has 0 aliphatic heterocycles. The zero-order chi connectivity index (χ0) is 13.4. The van der Waals surface area contributed by atoms with E-state index in [1.165, 1.54) is 6.07 Å². The van der Waals surface area contributed by atoms with Crippen LogP contribution in [0.2, 0.25) is 0 Å². The van der Waals surface area contributed by atoms with Crippen LogP contribution in [0.1, 0.15) is 5.56 Å². The van der Waals surface area contributed by atoms with Crippen molar-refractivity contribution in [3.05, 3.63) is 29.8 Å². The molecule has 0 atom stereocenters. The fraction of sp³-hybridized carbons (Fsp3) is 0.500. The van der Waals surface area contributed by atoms with Crippen LogP contribution in [0.5, 0.6) is 5.75 Å². The van der Waals surface area contributed by atoms with E-state index < -0.39 is 12.8 Å². The Hall–Kier alpha value is -1.27. The fourth-order valence-corrected chi connectivity index (χ4v) is 1.32. The lowest BCUT2D eigenvalue weighted by Gasteiger charge is -2.10. The lowest BCUT2D eigenvalue weighted by molar-refractivity contribution is -0.153. The Morgan fingerprint density at radius 2 is 2.06 bits per heavy atom. The Labute approximate surface area is 104 Å². The van der Waals surface area contributed by atoms with E-state index in [1.54, 1.807) is 19.2 Å². The number of halogens is 3. The highest BCUT2D eigenvalue weighted by Crippen LogP contribution is 2.19. The van der Waals surface area contributed by atoms with Gasteiger partial charge in [0.05, 0.1) is 6.61 Å². The van der Waals surface area contributed by atoms with Crippen molar-refractivity contribution < 1.29 is 22.6 Å². The summed E-state index contributed by atoms with van der Waals surface area (Å²) in [5, 5.41) is 3.10. The third kappa shape index (κ3) is 6.46. The van der Waals surface area contributed by atoms with Crippen LogP contribution in [0.3, 0.4) is 0 Å². The van der Waals surface area contributed by atoms with Crippen molar-refractivity contribution in [2.75, 3.05) is 26.9 Å². The molecule has 0 spiro atoms. The van der Waals surface area contributed by atoms with Crippen molar-refractivity contribution in [3.8, 4) is 5.75 Å². The quantitative estimate of drug-likeness (QED) is 0.766. The van der Waals surface area contributed by atoms with Crippen molar-refractivity contribution in [1.82, 2.24) is 5.32 Å². The van der Waals surface area contributed by atoms with E-state index in [1.807, 2.05) is 6.07 Å². The van der Waals surface area contributed by atoms with Crippen LogP contribution in [-0.4, -0.2) is 33.0 Å². The van der Waals surface area contributed by atoms with E-state index in [-0.39, 0.29) is 5.75 Å². The first-order chi connectivity index (χ1) is 8.51. The zero-order valence-electron chi connectivity index (χ0n) is 10.1. The van der Waals surface area contributed by atoms with Crippen LogP contribution in [0, 0.1) is 0 Å². The molecule has 0 bridgehead atoms. The molecule has 0 aliphatic rings. The number of hydrogen-bond donors (Lipinski definition) is 1. The minimum absolute atomic E-state index is 0.221. The van der Waals surface area contributed by atoms with Crippen LogP contribution in [-0.2, 0) is 11.3 Å². The maximum atomic E-state index is 12.0. The predicted molar refractivity (Wildman–Crippen MR) is 61.6 cm³/mol. The molecule has 0 radical (unpaired) electrons. The molecule has 0 aromatic heterocycles. The molecule has 102 valence electrons. The molecule has 1 N–H and O–H groups in total. The monoisotopic (exact) mass is 263 g/mol. The number of hydrogen-bond acceptors (Lipinski definition) is 3. The fourth-order valence-electron chi connectivity index (χ4n) is 1.32. The SMILES string of the molecule is COCCNCc1cccc(OCC(F)(F)F)c1. The average Bonchev–Trinajstić information content (AvgIpc) is 2.32. The van der Waals surface area contributed by atoms with Gasteiger partial charge < -0.3 is 14.8 Å². The molecule has 6 heteroatoms. The standard InChI is InChI=1S/C12H16F3NO2/c1-17-6-5-16-8-10-3-2-4-11(7-10)18-9-12(13,14)15/h2-4,7,16H,5-6,8-9H2,1H3. The summed E-state index contributed by atoms with van der Waals surface area (Å²) < 4.78 is 45.5. The number of ether oxygens (including phenoxy) is 2. The van der Waals surface area contributed by atoms with Gasteiger partial charge in [-0.25, -0.2) is 0 Å². The van der Waals surface area contributed by atoms with E-state index in [2.05, 4.69) is 10.1 Å². The van der Waals surface area contributed by atoms with Crippen molar-refractivity contribution in [2.45, 2.75) is 12.7 Å². The third-order valence-electron chi connectivity index (χ3n) is 2.11. The molecule has 0 fully saturated rings. The van der Waals surface area contributed by atoms with Crippen LogP contribution < -0.4 is 10.1 Å². The summed E-state index contributed by atoms with van der Waals surface area (Å²) in [6.07, 6.45) is -4.31. The topological polar surface area (TPSA) is 30.5 Å². The maximum absolute atomic E-state index is 12.0. The van der Waals surface area contributed by atoms with E-state index >= 15 is 0 Å². The zero-order valence-corrected chi connectivity index (χ0v) is 10.1. The molecular weight excluding hydrogens is 247 g/mol. The van der Waals surface area contributed by atoms with Gasteiger partial charge in [0, 0.05) is 20.2 Å². The van der Waals surface area contributed by atoms with Gasteiger partial charge in [0.2, 0.25) is 0 Å². The van der Waals surface area contributed by atoms with E-state index in [0.29, 0.717) is 19.7 Å². The van der Waals surface area contributed by atoms with Crippen LogP contribution in [0.25, 0.3) is 0 Å². The van der Waals surface area contributed by atoms with Gasteiger partial charge in [-0.1, -0.05) is 12.1 Å². The minimum Gasteiger partial charge on any atom is -0.484 e. The summed E-state index contributed by atoms with van der Waals surface area (Å²) in [5.74, 6) is 0.221. The number of nitrogens with one attached hydrogen (secondary N) is 1. The van der Waals surface area contributed by atoms with Crippen molar-refractivity contribution in [2.24, 2.45) is 0 Å². The summed E-state index contributed by atoms with van der Waals surface area (Å²) in [4.78, 5) is 0. The Morgan fingerprint density at radius 3 is 2.72 bits per heavy atom. The molecule has 18 heavy (non-hydrogen) atoms. The number of alkyl halides is 3. The molecule has 0 aliphatic carbocycles. The third-order valence-corrected chi connectivity index (χ3v) is 2.11. The first-order valence-electron chi connectivity index (χ1n) is 5.49. The van der Waals surface area contributed by atoms with Gasteiger partial charge in [-0.15, -0.1) is 0 Å². The largest absolute Gasteiger partial charge is 0.484 e. The summed E-state index contributed by atoms with van der Waals surface area (Å²) in [7, 11) is 1.60. The van der Waals surface area contributed by atoms with Crippen LogP contribution in [0.15, 0.2) is 24.3 Å². The molecule has 0 amide bonds. The highest BCUT2D eigenvalue weighted by molar-refractivity contribution is 5.28. The first kappa shape index (κ1) is 14.8. The molecular formula is C12H16F3NO2. The molecule has 1 aromatic carbocycles. The number of rotatable bonds is 7. The second-order valence-electron chi connectivity index (χ2n) is 3.72. The molecule has 0 unspecified atom stereocenters. The summed E-state index contributed by atoms with van der Waals surface area (Å²) in [6.45, 7) is 0.564. The predicted octanol–water partition coefficient (Wildman–Crippen LogP) is 2.36. The first-order valence-corrected chi connectivity index (χ1v) is 5.49. The summed E-state index contributed by atoms with van der Waals surface area (Å²) in [6, 6.07) is 6.58. The van der Waals surface area contributed by atoms with Gasteiger partial charge >= 0.3 is 6.18 Å². The van der Waals surface area contributed by atoms with Crippen molar-refractivity contribution in [1.29, 1.82) is 0 Å². The molecule has 3 nitrogen and oxygen atoms in total. The summed E-state index contributed by atoms with van der Waals surface area (Å²) >= 11 is 0. The van der Waals surface area contributed by atoms with Gasteiger partial charge in [0.15, 0.2) is 6.61 Å². The lowest BCUT2D eigenvalue weighted by atomic mass is 10.2. The molecule has 0 saturated heterocycles. The van der Waals surface area contributed by atoms with E-state index in [9.17, 15) is 13.2 Å². The average molecular weight is 263 g/mol. The van der Waals surface area contributed by atoms with Crippen LogP contribution >= 0.6 is 0 Å². The van der Waals surface area contributed by atoms with Crippen molar-refractivity contribution >= 4 is 0 Å². The Kier molecular flexibility index (Phi) is 5.94.